The second-order valence-corrected chi connectivity index (χ2v) is 5.12. The van der Waals surface area contributed by atoms with Crippen LogP contribution in [0, 0.1) is 0 Å². The van der Waals surface area contributed by atoms with Gasteiger partial charge in [-0.1, -0.05) is 0 Å². The lowest BCUT2D eigenvalue weighted by Gasteiger charge is -2.19. The molecule has 2 heterocycles. The zero-order valence-electron chi connectivity index (χ0n) is 8.82. The SMILES string of the molecule is CC(C)(N)CNc1ncnc2ccsc12. The van der Waals surface area contributed by atoms with Crippen LogP contribution < -0.4 is 11.1 Å². The molecule has 2 rings (SSSR count). The maximum absolute atomic E-state index is 5.90. The van der Waals surface area contributed by atoms with Crippen LogP contribution in [0.5, 0.6) is 0 Å². The van der Waals surface area contributed by atoms with E-state index in [2.05, 4.69) is 15.3 Å². The van der Waals surface area contributed by atoms with Crippen molar-refractivity contribution in [2.45, 2.75) is 19.4 Å². The van der Waals surface area contributed by atoms with E-state index in [1.54, 1.807) is 17.7 Å². The Balaban J connectivity index is 2.24. The summed E-state index contributed by atoms with van der Waals surface area (Å²) >= 11 is 1.64. The Morgan fingerprint density at radius 1 is 1.47 bits per heavy atom. The Labute approximate surface area is 92.5 Å². The summed E-state index contributed by atoms with van der Waals surface area (Å²) in [4.78, 5) is 8.39. The first-order valence-electron chi connectivity index (χ1n) is 4.77. The van der Waals surface area contributed by atoms with Gasteiger partial charge in [-0.05, 0) is 25.3 Å². The van der Waals surface area contributed by atoms with Gasteiger partial charge in [-0.25, -0.2) is 9.97 Å². The minimum Gasteiger partial charge on any atom is -0.367 e. The van der Waals surface area contributed by atoms with Crippen LogP contribution in [0.4, 0.5) is 5.82 Å². The molecular formula is C10H14N4S. The summed E-state index contributed by atoms with van der Waals surface area (Å²) in [6, 6.07) is 1.99. The molecule has 4 nitrogen and oxygen atoms in total. The number of nitrogens with one attached hydrogen (secondary N) is 1. The topological polar surface area (TPSA) is 63.8 Å². The summed E-state index contributed by atoms with van der Waals surface area (Å²) in [6.07, 6.45) is 1.57. The highest BCUT2D eigenvalue weighted by Gasteiger charge is 2.11. The Bertz CT molecular complexity index is 458. The highest BCUT2D eigenvalue weighted by molar-refractivity contribution is 7.17. The first-order chi connectivity index (χ1) is 7.06. The van der Waals surface area contributed by atoms with Crippen molar-refractivity contribution in [1.29, 1.82) is 0 Å². The molecule has 0 bridgehead atoms. The standard InChI is InChI=1S/C10H14N4S/c1-10(2,11)5-12-9-8-7(3-4-15-8)13-6-14-9/h3-4,6H,5,11H2,1-2H3,(H,12,13,14). The average Bonchev–Trinajstić information content (AvgIpc) is 2.61. The summed E-state index contributed by atoms with van der Waals surface area (Å²) in [6.45, 7) is 4.65. The minimum atomic E-state index is -0.242. The molecule has 0 fully saturated rings. The number of rotatable bonds is 3. The van der Waals surface area contributed by atoms with E-state index in [4.69, 9.17) is 5.73 Å². The molecule has 0 radical (unpaired) electrons. The number of anilines is 1. The highest BCUT2D eigenvalue weighted by atomic mass is 32.1. The van der Waals surface area contributed by atoms with Crippen molar-refractivity contribution < 1.29 is 0 Å². The molecule has 0 saturated carbocycles. The van der Waals surface area contributed by atoms with Gasteiger partial charge in [0.2, 0.25) is 0 Å². The fourth-order valence-corrected chi connectivity index (χ4v) is 2.04. The monoisotopic (exact) mass is 222 g/mol. The number of nitrogens with zero attached hydrogens (tertiary/aromatic N) is 2. The van der Waals surface area contributed by atoms with Crippen LogP contribution in [0.3, 0.4) is 0 Å². The summed E-state index contributed by atoms with van der Waals surface area (Å²) in [5, 5.41) is 5.26. The molecule has 0 aliphatic carbocycles. The first kappa shape index (κ1) is 10.3. The van der Waals surface area contributed by atoms with Crippen molar-refractivity contribution in [1.82, 2.24) is 9.97 Å². The van der Waals surface area contributed by atoms with Crippen LogP contribution in [0.15, 0.2) is 17.8 Å². The lowest BCUT2D eigenvalue weighted by atomic mass is 10.1. The third-order valence-electron chi connectivity index (χ3n) is 1.95. The smallest absolute Gasteiger partial charge is 0.147 e. The number of fused-ring (bicyclic) bond motifs is 1. The predicted molar refractivity (Wildman–Crippen MR) is 64.2 cm³/mol. The second-order valence-electron chi connectivity index (χ2n) is 4.20. The molecule has 3 N–H and O–H groups in total. The summed E-state index contributed by atoms with van der Waals surface area (Å²) in [7, 11) is 0. The predicted octanol–water partition coefficient (Wildman–Crippen LogP) is 1.84. The molecule has 5 heteroatoms. The Hall–Kier alpha value is -1.20. The van der Waals surface area contributed by atoms with Gasteiger partial charge >= 0.3 is 0 Å². The van der Waals surface area contributed by atoms with E-state index < -0.39 is 0 Å². The largest absolute Gasteiger partial charge is 0.367 e. The number of hydrogen-bond acceptors (Lipinski definition) is 5. The van der Waals surface area contributed by atoms with Gasteiger partial charge in [0.1, 0.15) is 12.1 Å². The molecule has 0 atom stereocenters. The Morgan fingerprint density at radius 3 is 3.00 bits per heavy atom. The minimum absolute atomic E-state index is 0.242. The van der Waals surface area contributed by atoms with E-state index >= 15 is 0 Å². The molecular weight excluding hydrogens is 208 g/mol. The fourth-order valence-electron chi connectivity index (χ4n) is 1.23. The van der Waals surface area contributed by atoms with Gasteiger partial charge in [-0.15, -0.1) is 11.3 Å². The first-order valence-corrected chi connectivity index (χ1v) is 5.65. The van der Waals surface area contributed by atoms with Crippen LogP contribution in [-0.4, -0.2) is 22.1 Å². The van der Waals surface area contributed by atoms with Crippen LogP contribution in [0.25, 0.3) is 10.2 Å². The van der Waals surface area contributed by atoms with Crippen LogP contribution in [0.1, 0.15) is 13.8 Å². The van der Waals surface area contributed by atoms with E-state index in [1.807, 2.05) is 25.3 Å². The van der Waals surface area contributed by atoms with Gasteiger partial charge in [-0.2, -0.15) is 0 Å². The zero-order chi connectivity index (χ0) is 10.9. The van der Waals surface area contributed by atoms with Crippen LogP contribution in [-0.2, 0) is 0 Å². The number of hydrogen-bond donors (Lipinski definition) is 2. The van der Waals surface area contributed by atoms with Crippen molar-refractivity contribution >= 4 is 27.4 Å². The van der Waals surface area contributed by atoms with Crippen molar-refractivity contribution in [3.8, 4) is 0 Å². The van der Waals surface area contributed by atoms with E-state index in [9.17, 15) is 0 Å². The summed E-state index contributed by atoms with van der Waals surface area (Å²) in [5.41, 5.74) is 6.64. The number of aromatic nitrogens is 2. The van der Waals surface area contributed by atoms with E-state index in [0.717, 1.165) is 16.0 Å². The van der Waals surface area contributed by atoms with E-state index in [1.165, 1.54) is 0 Å². The molecule has 2 aromatic rings. The summed E-state index contributed by atoms with van der Waals surface area (Å²) < 4.78 is 1.08. The average molecular weight is 222 g/mol. The maximum atomic E-state index is 5.90. The second kappa shape index (κ2) is 3.75. The van der Waals surface area contributed by atoms with Gasteiger partial charge in [0.25, 0.3) is 0 Å². The maximum Gasteiger partial charge on any atom is 0.147 e. The van der Waals surface area contributed by atoms with E-state index in [-0.39, 0.29) is 5.54 Å². The van der Waals surface area contributed by atoms with Gasteiger partial charge in [-0.3, -0.25) is 0 Å². The quantitative estimate of drug-likeness (QED) is 0.831. The van der Waals surface area contributed by atoms with Gasteiger partial charge in [0, 0.05) is 12.1 Å². The third kappa shape index (κ3) is 2.43. The highest BCUT2D eigenvalue weighted by Crippen LogP contribution is 2.24. The summed E-state index contributed by atoms with van der Waals surface area (Å²) in [5.74, 6) is 0.869. The number of thiophene rings is 1. The molecule has 15 heavy (non-hydrogen) atoms. The molecule has 0 aliphatic heterocycles. The number of nitrogens with two attached hydrogens (primary N) is 1. The normalized spacial score (nSPS) is 11.9. The molecule has 0 aliphatic rings. The van der Waals surface area contributed by atoms with Gasteiger partial charge < -0.3 is 11.1 Å². The zero-order valence-corrected chi connectivity index (χ0v) is 9.64. The molecule has 2 aromatic heterocycles. The van der Waals surface area contributed by atoms with Crippen LogP contribution in [0.2, 0.25) is 0 Å². The molecule has 0 aromatic carbocycles. The van der Waals surface area contributed by atoms with Crippen molar-refractivity contribution in [3.05, 3.63) is 17.8 Å². The Kier molecular flexibility index (Phi) is 2.58. The molecule has 0 spiro atoms. The van der Waals surface area contributed by atoms with Gasteiger partial charge in [0.05, 0.1) is 10.2 Å². The molecule has 80 valence electrons. The third-order valence-corrected chi connectivity index (χ3v) is 2.86. The van der Waals surface area contributed by atoms with Crippen LogP contribution >= 0.6 is 11.3 Å². The molecule has 0 amide bonds. The van der Waals surface area contributed by atoms with Crippen molar-refractivity contribution in [2.24, 2.45) is 5.73 Å². The molecule has 0 saturated heterocycles. The lowest BCUT2D eigenvalue weighted by Crippen LogP contribution is -2.39. The van der Waals surface area contributed by atoms with Crippen molar-refractivity contribution in [3.63, 3.8) is 0 Å². The van der Waals surface area contributed by atoms with Gasteiger partial charge in [0.15, 0.2) is 0 Å². The fraction of sp³-hybridized carbons (Fsp3) is 0.400. The Morgan fingerprint density at radius 2 is 2.27 bits per heavy atom. The van der Waals surface area contributed by atoms with E-state index in [0.29, 0.717) is 6.54 Å². The lowest BCUT2D eigenvalue weighted by molar-refractivity contribution is 0.549. The van der Waals surface area contributed by atoms with Crippen molar-refractivity contribution in [2.75, 3.05) is 11.9 Å². The molecule has 0 unspecified atom stereocenters.